The third kappa shape index (κ3) is 1.50. The van der Waals surface area contributed by atoms with Gasteiger partial charge >= 0.3 is 0 Å². The van der Waals surface area contributed by atoms with Crippen LogP contribution in [0, 0.1) is 11.7 Å². The first-order valence-electron chi connectivity index (χ1n) is 4.40. The quantitative estimate of drug-likeness (QED) is 0.719. The first kappa shape index (κ1) is 10.4. The van der Waals surface area contributed by atoms with Gasteiger partial charge in [-0.25, -0.2) is 0 Å². The van der Waals surface area contributed by atoms with Crippen molar-refractivity contribution in [1.29, 1.82) is 0 Å². The number of aromatic nitrogens is 2. The van der Waals surface area contributed by atoms with Gasteiger partial charge in [-0.15, -0.1) is 0 Å². The maximum atomic E-state index is 11.9. The predicted octanol–water partition coefficient (Wildman–Crippen LogP) is 2.56. The normalized spacial score (nSPS) is 10.9. The number of benzene rings is 1. The number of hydrogen-bond acceptors (Lipinski definition) is 2. The molecule has 0 spiro atoms. The molecule has 0 atom stereocenters. The van der Waals surface area contributed by atoms with Gasteiger partial charge < -0.3 is 4.98 Å². The highest BCUT2D eigenvalue weighted by atomic mass is 35.5. The van der Waals surface area contributed by atoms with Gasteiger partial charge in [-0.1, -0.05) is 17.7 Å². The van der Waals surface area contributed by atoms with Crippen molar-refractivity contribution in [2.24, 2.45) is 7.05 Å². The minimum atomic E-state index is -0.117. The predicted molar refractivity (Wildman–Crippen MR) is 64.1 cm³/mol. The molecular weight excluding hydrogens is 232 g/mol. The number of rotatable bonds is 0. The minimum absolute atomic E-state index is 0.117. The molecule has 0 amide bonds. The van der Waals surface area contributed by atoms with E-state index in [9.17, 15) is 4.79 Å². The summed E-state index contributed by atoms with van der Waals surface area (Å²) in [7, 11) is 1.64. The summed E-state index contributed by atoms with van der Waals surface area (Å²) in [6.45, 7) is 1.87. The highest BCUT2D eigenvalue weighted by Gasteiger charge is 2.08. The maximum Gasteiger partial charge on any atom is 0.262 e. The summed E-state index contributed by atoms with van der Waals surface area (Å²) < 4.78 is 1.78. The smallest absolute Gasteiger partial charge is 0.262 e. The number of nitrogens with one attached hydrogen (secondary N) is 1. The van der Waals surface area contributed by atoms with Crippen LogP contribution in [-0.2, 0) is 7.05 Å². The van der Waals surface area contributed by atoms with E-state index in [2.05, 4.69) is 4.98 Å². The second-order valence-electron chi connectivity index (χ2n) is 3.41. The molecule has 1 heterocycles. The molecule has 5 heteroatoms. The standard InChI is InChI=1S/C10H9ClN2OS/c1-5-3-4-6(11)8-7(5)9(14)13(2)10(15)12-8/h3-4H,1-2H3,(H,12,15). The Kier molecular flexibility index (Phi) is 2.40. The van der Waals surface area contributed by atoms with Crippen LogP contribution in [0.3, 0.4) is 0 Å². The fraction of sp³-hybridized carbons (Fsp3) is 0.200. The van der Waals surface area contributed by atoms with Crippen molar-refractivity contribution in [2.45, 2.75) is 6.92 Å². The van der Waals surface area contributed by atoms with Crippen molar-refractivity contribution < 1.29 is 0 Å². The summed E-state index contributed by atoms with van der Waals surface area (Å²) in [6, 6.07) is 3.58. The van der Waals surface area contributed by atoms with Crippen LogP contribution in [0.25, 0.3) is 10.9 Å². The average molecular weight is 241 g/mol. The Hall–Kier alpha value is -1.13. The monoisotopic (exact) mass is 240 g/mol. The van der Waals surface area contributed by atoms with Crippen molar-refractivity contribution in [3.8, 4) is 0 Å². The number of H-pyrrole nitrogens is 1. The van der Waals surface area contributed by atoms with Crippen molar-refractivity contribution in [1.82, 2.24) is 9.55 Å². The van der Waals surface area contributed by atoms with Crippen LogP contribution in [0.2, 0.25) is 5.02 Å². The second-order valence-corrected chi connectivity index (χ2v) is 4.20. The van der Waals surface area contributed by atoms with Gasteiger partial charge in [0.25, 0.3) is 5.56 Å². The van der Waals surface area contributed by atoms with E-state index in [-0.39, 0.29) is 5.56 Å². The number of fused-ring (bicyclic) bond motifs is 1. The molecule has 0 aliphatic rings. The molecule has 0 aliphatic heterocycles. The van der Waals surface area contributed by atoms with Crippen molar-refractivity contribution in [3.05, 3.63) is 37.8 Å². The van der Waals surface area contributed by atoms with Crippen LogP contribution < -0.4 is 5.56 Å². The Morgan fingerprint density at radius 3 is 2.80 bits per heavy atom. The molecule has 2 rings (SSSR count). The van der Waals surface area contributed by atoms with Gasteiger partial charge in [0.1, 0.15) is 0 Å². The number of hydrogen-bond donors (Lipinski definition) is 1. The van der Waals surface area contributed by atoms with Gasteiger partial charge in [0.05, 0.1) is 15.9 Å². The number of aryl methyl sites for hydroxylation is 1. The molecule has 78 valence electrons. The van der Waals surface area contributed by atoms with Crippen LogP contribution in [-0.4, -0.2) is 9.55 Å². The van der Waals surface area contributed by atoms with E-state index in [1.165, 1.54) is 4.57 Å². The van der Waals surface area contributed by atoms with E-state index in [1.54, 1.807) is 13.1 Å². The van der Waals surface area contributed by atoms with E-state index < -0.39 is 0 Å². The number of aromatic amines is 1. The summed E-state index contributed by atoms with van der Waals surface area (Å²) in [5, 5.41) is 1.11. The lowest BCUT2D eigenvalue weighted by atomic mass is 10.1. The zero-order valence-electron chi connectivity index (χ0n) is 8.30. The molecule has 0 saturated heterocycles. The molecule has 0 saturated carbocycles. The minimum Gasteiger partial charge on any atom is -0.330 e. The van der Waals surface area contributed by atoms with Crippen molar-refractivity contribution in [2.75, 3.05) is 0 Å². The molecule has 0 bridgehead atoms. The third-order valence-electron chi connectivity index (χ3n) is 2.42. The van der Waals surface area contributed by atoms with E-state index >= 15 is 0 Å². The van der Waals surface area contributed by atoms with E-state index in [1.807, 2.05) is 13.0 Å². The summed E-state index contributed by atoms with van der Waals surface area (Å²) in [6.07, 6.45) is 0. The molecular formula is C10H9ClN2OS. The first-order chi connectivity index (χ1) is 7.02. The Bertz CT molecular complexity index is 657. The molecule has 0 fully saturated rings. The van der Waals surface area contributed by atoms with Crippen LogP contribution in [0.15, 0.2) is 16.9 Å². The summed E-state index contributed by atoms with van der Waals surface area (Å²) in [5.41, 5.74) is 1.39. The van der Waals surface area contributed by atoms with Gasteiger partial charge in [0.2, 0.25) is 0 Å². The molecule has 0 radical (unpaired) electrons. The average Bonchev–Trinajstić information content (AvgIpc) is 2.20. The van der Waals surface area contributed by atoms with E-state index in [0.29, 0.717) is 20.7 Å². The van der Waals surface area contributed by atoms with Gasteiger partial charge in [-0.05, 0) is 30.8 Å². The maximum absolute atomic E-state index is 11.9. The third-order valence-corrected chi connectivity index (χ3v) is 3.11. The lowest BCUT2D eigenvalue weighted by Crippen LogP contribution is -2.19. The lowest BCUT2D eigenvalue weighted by molar-refractivity contribution is 0.823. The zero-order chi connectivity index (χ0) is 11.2. The number of nitrogens with zero attached hydrogens (tertiary/aromatic N) is 1. The van der Waals surface area contributed by atoms with Crippen LogP contribution in [0.5, 0.6) is 0 Å². The highest BCUT2D eigenvalue weighted by Crippen LogP contribution is 2.21. The highest BCUT2D eigenvalue weighted by molar-refractivity contribution is 7.71. The Labute approximate surface area is 96.3 Å². The topological polar surface area (TPSA) is 37.8 Å². The van der Waals surface area contributed by atoms with Gasteiger partial charge in [0.15, 0.2) is 4.77 Å². The summed E-state index contributed by atoms with van der Waals surface area (Å²) in [5.74, 6) is 0. The van der Waals surface area contributed by atoms with E-state index in [0.717, 1.165) is 5.56 Å². The molecule has 0 aliphatic carbocycles. The van der Waals surface area contributed by atoms with Gasteiger partial charge in [-0.3, -0.25) is 9.36 Å². The molecule has 3 nitrogen and oxygen atoms in total. The fourth-order valence-electron chi connectivity index (χ4n) is 1.53. The molecule has 1 N–H and O–H groups in total. The molecule has 2 aromatic rings. The SMILES string of the molecule is Cc1ccc(Cl)c2[nH]c(=S)n(C)c(=O)c12. The van der Waals surface area contributed by atoms with Gasteiger partial charge in [-0.2, -0.15) is 0 Å². The van der Waals surface area contributed by atoms with Crippen LogP contribution >= 0.6 is 23.8 Å². The lowest BCUT2D eigenvalue weighted by Gasteiger charge is -2.06. The summed E-state index contributed by atoms with van der Waals surface area (Å²) in [4.78, 5) is 14.9. The van der Waals surface area contributed by atoms with E-state index in [4.69, 9.17) is 23.8 Å². The Balaban J connectivity index is 3.19. The number of halogens is 1. The molecule has 1 aromatic carbocycles. The largest absolute Gasteiger partial charge is 0.330 e. The van der Waals surface area contributed by atoms with Crippen molar-refractivity contribution in [3.63, 3.8) is 0 Å². The van der Waals surface area contributed by atoms with Gasteiger partial charge in [0, 0.05) is 7.05 Å². The zero-order valence-corrected chi connectivity index (χ0v) is 9.87. The molecule has 0 unspecified atom stereocenters. The first-order valence-corrected chi connectivity index (χ1v) is 5.19. The molecule has 1 aromatic heterocycles. The fourth-order valence-corrected chi connectivity index (χ4v) is 1.92. The Morgan fingerprint density at radius 2 is 2.13 bits per heavy atom. The summed E-state index contributed by atoms with van der Waals surface area (Å²) >= 11 is 11.0. The Morgan fingerprint density at radius 1 is 1.47 bits per heavy atom. The van der Waals surface area contributed by atoms with Crippen LogP contribution in [0.1, 0.15) is 5.56 Å². The van der Waals surface area contributed by atoms with Crippen LogP contribution in [0.4, 0.5) is 0 Å². The second kappa shape index (κ2) is 3.47. The van der Waals surface area contributed by atoms with Crippen molar-refractivity contribution >= 4 is 34.7 Å². The molecule has 15 heavy (non-hydrogen) atoms.